The largest absolute Gasteiger partial charge is 0.392 e. The minimum Gasteiger partial charge on any atom is -0.392 e. The number of sulfonamides is 1. The van der Waals surface area contributed by atoms with Crippen molar-refractivity contribution in [1.29, 1.82) is 0 Å². The number of aliphatic hydroxyl groups excluding tert-OH is 1. The maximum atomic E-state index is 11.8. The molecular formula is C12H16BrNO3S. The van der Waals surface area contributed by atoms with Gasteiger partial charge < -0.3 is 5.11 Å². The predicted octanol–water partition coefficient (Wildman–Crippen LogP) is 2.03. The van der Waals surface area contributed by atoms with Gasteiger partial charge in [-0.05, 0) is 37.0 Å². The first-order valence-corrected chi connectivity index (χ1v) is 8.16. The van der Waals surface area contributed by atoms with E-state index >= 15 is 0 Å². The number of benzene rings is 1. The molecule has 0 aliphatic heterocycles. The van der Waals surface area contributed by atoms with Crippen LogP contribution in [0, 0.1) is 6.92 Å². The molecular weight excluding hydrogens is 318 g/mol. The van der Waals surface area contributed by atoms with Gasteiger partial charge in [0.2, 0.25) is 10.0 Å². The van der Waals surface area contributed by atoms with E-state index in [-0.39, 0.29) is 10.8 Å². The molecule has 4 nitrogen and oxygen atoms in total. The highest BCUT2D eigenvalue weighted by Crippen LogP contribution is 2.39. The van der Waals surface area contributed by atoms with Crippen LogP contribution < -0.4 is 5.14 Å². The van der Waals surface area contributed by atoms with E-state index in [4.69, 9.17) is 5.14 Å². The second-order valence-corrected chi connectivity index (χ2v) is 7.09. The average Bonchev–Trinajstić information content (AvgIpc) is 2.66. The Balaban J connectivity index is 2.64. The number of hydrogen-bond donors (Lipinski definition) is 2. The summed E-state index contributed by atoms with van der Waals surface area (Å²) in [5.74, 6) is -0.134. The molecule has 0 amide bonds. The molecule has 0 aromatic heterocycles. The third kappa shape index (κ3) is 2.47. The Morgan fingerprint density at radius 3 is 2.56 bits per heavy atom. The van der Waals surface area contributed by atoms with Gasteiger partial charge in [-0.2, -0.15) is 0 Å². The second kappa shape index (κ2) is 4.92. The molecule has 100 valence electrons. The Morgan fingerprint density at radius 1 is 1.39 bits per heavy atom. The quantitative estimate of drug-likeness (QED) is 0.868. The lowest BCUT2D eigenvalue weighted by Crippen LogP contribution is -2.20. The van der Waals surface area contributed by atoms with Crippen LogP contribution in [0.25, 0.3) is 0 Å². The Bertz CT molecular complexity index is 571. The van der Waals surface area contributed by atoms with Crippen molar-refractivity contribution in [3.8, 4) is 0 Å². The number of halogens is 1. The molecule has 3 N–H and O–H groups in total. The van der Waals surface area contributed by atoms with Crippen LogP contribution in [0.1, 0.15) is 36.3 Å². The van der Waals surface area contributed by atoms with Crippen molar-refractivity contribution in [1.82, 2.24) is 0 Å². The number of hydrogen-bond acceptors (Lipinski definition) is 3. The summed E-state index contributed by atoms with van der Waals surface area (Å²) in [7, 11) is -3.79. The first-order chi connectivity index (χ1) is 8.32. The van der Waals surface area contributed by atoms with Crippen molar-refractivity contribution in [2.45, 2.75) is 43.1 Å². The minimum atomic E-state index is -3.79. The van der Waals surface area contributed by atoms with Crippen LogP contribution in [0.4, 0.5) is 0 Å². The molecule has 2 atom stereocenters. The van der Waals surface area contributed by atoms with Crippen LogP contribution in [-0.4, -0.2) is 19.6 Å². The molecule has 2 rings (SSSR count). The summed E-state index contributed by atoms with van der Waals surface area (Å²) in [6.07, 6.45) is 1.94. The molecule has 0 heterocycles. The van der Waals surface area contributed by atoms with Crippen LogP contribution in [0.2, 0.25) is 0 Å². The maximum absolute atomic E-state index is 11.8. The molecule has 6 heteroatoms. The third-order valence-corrected chi connectivity index (χ3v) is 5.50. The van der Waals surface area contributed by atoms with Gasteiger partial charge in [-0.1, -0.05) is 28.4 Å². The normalized spacial score (nSPS) is 24.4. The van der Waals surface area contributed by atoms with Crippen LogP contribution in [0.3, 0.4) is 0 Å². The summed E-state index contributed by atoms with van der Waals surface area (Å²) in [4.78, 5) is 0.155. The van der Waals surface area contributed by atoms with E-state index in [1.807, 2.05) is 6.07 Å². The highest BCUT2D eigenvalue weighted by molar-refractivity contribution is 9.10. The van der Waals surface area contributed by atoms with Gasteiger partial charge in [-0.3, -0.25) is 0 Å². The second-order valence-electron chi connectivity index (χ2n) is 4.74. The molecule has 1 aliphatic carbocycles. The maximum Gasteiger partial charge on any atom is 0.238 e. The average molecular weight is 334 g/mol. The molecule has 0 saturated heterocycles. The number of rotatable bonds is 2. The Morgan fingerprint density at radius 2 is 2.06 bits per heavy atom. The van der Waals surface area contributed by atoms with Gasteiger partial charge in [0.25, 0.3) is 0 Å². The van der Waals surface area contributed by atoms with E-state index in [1.54, 1.807) is 13.0 Å². The van der Waals surface area contributed by atoms with Crippen LogP contribution in [0.5, 0.6) is 0 Å². The van der Waals surface area contributed by atoms with Gasteiger partial charge in [-0.15, -0.1) is 0 Å². The fourth-order valence-corrected chi connectivity index (χ4v) is 4.21. The molecule has 1 fully saturated rings. The lowest BCUT2D eigenvalue weighted by atomic mass is 9.94. The summed E-state index contributed by atoms with van der Waals surface area (Å²) >= 11 is 3.31. The van der Waals surface area contributed by atoms with Gasteiger partial charge in [0, 0.05) is 10.4 Å². The Labute approximate surface area is 115 Å². The first kappa shape index (κ1) is 14.0. The van der Waals surface area contributed by atoms with Crippen molar-refractivity contribution in [3.63, 3.8) is 0 Å². The molecule has 0 spiro atoms. The van der Waals surface area contributed by atoms with Crippen molar-refractivity contribution < 1.29 is 13.5 Å². The van der Waals surface area contributed by atoms with Crippen molar-refractivity contribution in [2.24, 2.45) is 5.14 Å². The fraction of sp³-hybridized carbons (Fsp3) is 0.500. The smallest absolute Gasteiger partial charge is 0.238 e. The summed E-state index contributed by atoms with van der Waals surface area (Å²) in [6.45, 7) is 1.72. The summed E-state index contributed by atoms with van der Waals surface area (Å²) in [6, 6.07) is 3.56. The van der Waals surface area contributed by atoms with Gasteiger partial charge in [0.1, 0.15) is 0 Å². The van der Waals surface area contributed by atoms with Crippen LogP contribution >= 0.6 is 15.9 Å². The predicted molar refractivity (Wildman–Crippen MR) is 72.9 cm³/mol. The molecule has 0 unspecified atom stereocenters. The standard InChI is InChI=1S/C12H16BrNO3S/c1-7-10(13)6-5-9(12(7)18(14,16)17)8-3-2-4-11(8)15/h5-6,8,11,15H,2-4H2,1H3,(H2,14,16,17)/t8-,11-/m1/s1. The lowest BCUT2D eigenvalue weighted by molar-refractivity contribution is 0.163. The summed E-state index contributed by atoms with van der Waals surface area (Å²) in [5, 5.41) is 15.3. The zero-order chi connectivity index (χ0) is 13.5. The first-order valence-electron chi connectivity index (χ1n) is 5.82. The number of aliphatic hydroxyl groups is 1. The molecule has 1 aliphatic rings. The van der Waals surface area contributed by atoms with E-state index in [0.29, 0.717) is 22.0 Å². The Kier molecular flexibility index (Phi) is 3.82. The Hall–Kier alpha value is -0.430. The molecule has 1 saturated carbocycles. The van der Waals surface area contributed by atoms with E-state index in [1.165, 1.54) is 0 Å². The summed E-state index contributed by atoms with van der Waals surface area (Å²) < 4.78 is 24.2. The third-order valence-electron chi connectivity index (χ3n) is 3.53. The number of nitrogens with two attached hydrogens (primary N) is 1. The monoisotopic (exact) mass is 333 g/mol. The van der Waals surface area contributed by atoms with Crippen LogP contribution in [0.15, 0.2) is 21.5 Å². The fourth-order valence-electron chi connectivity index (χ4n) is 2.66. The van der Waals surface area contributed by atoms with Gasteiger partial charge in [-0.25, -0.2) is 13.6 Å². The van der Waals surface area contributed by atoms with E-state index in [9.17, 15) is 13.5 Å². The molecule has 18 heavy (non-hydrogen) atoms. The van der Waals surface area contributed by atoms with Gasteiger partial charge in [0.05, 0.1) is 11.0 Å². The van der Waals surface area contributed by atoms with E-state index < -0.39 is 16.1 Å². The van der Waals surface area contributed by atoms with Gasteiger partial charge >= 0.3 is 0 Å². The highest BCUT2D eigenvalue weighted by Gasteiger charge is 2.32. The molecule has 1 aromatic rings. The van der Waals surface area contributed by atoms with Crippen molar-refractivity contribution in [3.05, 3.63) is 27.7 Å². The number of primary sulfonamides is 1. The minimum absolute atomic E-state index is 0.134. The lowest BCUT2D eigenvalue weighted by Gasteiger charge is -2.20. The molecule has 1 aromatic carbocycles. The molecule has 0 bridgehead atoms. The van der Waals surface area contributed by atoms with Gasteiger partial charge in [0.15, 0.2) is 0 Å². The van der Waals surface area contributed by atoms with E-state index in [2.05, 4.69) is 15.9 Å². The SMILES string of the molecule is Cc1c(Br)ccc([C@H]2CCC[C@H]2O)c1S(N)(=O)=O. The van der Waals surface area contributed by atoms with E-state index in [0.717, 1.165) is 12.8 Å². The van der Waals surface area contributed by atoms with Crippen molar-refractivity contribution >= 4 is 26.0 Å². The van der Waals surface area contributed by atoms with Crippen LogP contribution in [-0.2, 0) is 10.0 Å². The highest BCUT2D eigenvalue weighted by atomic mass is 79.9. The molecule has 0 radical (unpaired) electrons. The van der Waals surface area contributed by atoms with Crippen molar-refractivity contribution in [2.75, 3.05) is 0 Å². The topological polar surface area (TPSA) is 80.4 Å². The summed E-state index contributed by atoms with van der Waals surface area (Å²) in [5.41, 5.74) is 1.25. The zero-order valence-corrected chi connectivity index (χ0v) is 12.5. The zero-order valence-electron chi connectivity index (χ0n) is 10.1.